The summed E-state index contributed by atoms with van der Waals surface area (Å²) in [5.41, 5.74) is 1.22. The summed E-state index contributed by atoms with van der Waals surface area (Å²) < 4.78 is 1.90. The zero-order chi connectivity index (χ0) is 11.4. The Kier molecular flexibility index (Phi) is 3.74. The van der Waals surface area contributed by atoms with Gasteiger partial charge in [0.15, 0.2) is 0 Å². The van der Waals surface area contributed by atoms with Gasteiger partial charge in [0.2, 0.25) is 0 Å². The maximum atomic E-state index is 4.14. The van der Waals surface area contributed by atoms with Crippen molar-refractivity contribution in [3.05, 3.63) is 39.8 Å². The summed E-state index contributed by atoms with van der Waals surface area (Å²) in [5.74, 6) is 0. The fraction of sp³-hybridized carbons (Fsp3) is 0.417. The van der Waals surface area contributed by atoms with Crippen LogP contribution in [0, 0.1) is 0 Å². The van der Waals surface area contributed by atoms with Gasteiger partial charge in [-0.15, -0.1) is 11.3 Å². The number of rotatable bonds is 5. The summed E-state index contributed by atoms with van der Waals surface area (Å²) in [7, 11) is 1.97. The smallest absolute Gasteiger partial charge is 0.0518 e. The van der Waals surface area contributed by atoms with Crippen LogP contribution in [-0.4, -0.2) is 9.78 Å². The molecule has 0 aliphatic heterocycles. The van der Waals surface area contributed by atoms with Gasteiger partial charge in [-0.2, -0.15) is 5.10 Å². The second-order valence-electron chi connectivity index (χ2n) is 3.77. The number of aryl methyl sites for hydroxylation is 2. The molecule has 4 heteroatoms. The molecule has 0 aromatic carbocycles. The first kappa shape index (κ1) is 11.4. The third-order valence-electron chi connectivity index (χ3n) is 2.59. The topological polar surface area (TPSA) is 29.9 Å². The lowest BCUT2D eigenvalue weighted by atomic mass is 10.3. The van der Waals surface area contributed by atoms with Crippen LogP contribution in [0.5, 0.6) is 0 Å². The van der Waals surface area contributed by atoms with Gasteiger partial charge in [0, 0.05) is 36.1 Å². The van der Waals surface area contributed by atoms with E-state index in [0.29, 0.717) is 0 Å². The second kappa shape index (κ2) is 5.27. The summed E-state index contributed by atoms with van der Waals surface area (Å²) in [4.78, 5) is 2.86. The van der Waals surface area contributed by atoms with Gasteiger partial charge >= 0.3 is 0 Å². The van der Waals surface area contributed by atoms with Crippen molar-refractivity contribution in [3.63, 3.8) is 0 Å². The summed E-state index contributed by atoms with van der Waals surface area (Å²) in [6.07, 6.45) is 2.96. The van der Waals surface area contributed by atoms with E-state index in [4.69, 9.17) is 0 Å². The number of nitrogens with one attached hydrogen (secondary N) is 1. The van der Waals surface area contributed by atoms with Gasteiger partial charge < -0.3 is 5.32 Å². The Labute approximate surface area is 100 Å². The predicted octanol–water partition coefficient (Wildman–Crippen LogP) is 2.33. The second-order valence-corrected chi connectivity index (χ2v) is 5.02. The van der Waals surface area contributed by atoms with Crippen LogP contribution in [0.4, 0.5) is 0 Å². The molecule has 0 saturated heterocycles. The monoisotopic (exact) mass is 235 g/mol. The Balaban J connectivity index is 1.82. The minimum absolute atomic E-state index is 0.871. The Morgan fingerprint density at radius 1 is 1.25 bits per heavy atom. The van der Waals surface area contributed by atoms with E-state index in [1.54, 1.807) is 0 Å². The van der Waals surface area contributed by atoms with Crippen molar-refractivity contribution >= 4 is 11.3 Å². The molecule has 0 aliphatic rings. The van der Waals surface area contributed by atoms with Crippen molar-refractivity contribution in [1.82, 2.24) is 15.1 Å². The normalized spacial score (nSPS) is 10.9. The van der Waals surface area contributed by atoms with Crippen molar-refractivity contribution in [1.29, 1.82) is 0 Å². The summed E-state index contributed by atoms with van der Waals surface area (Å²) in [6, 6.07) is 6.46. The standard InChI is InChI=1S/C12H17N3S/c1-3-11-4-5-12(16-11)9-13-8-10-6-7-14-15(10)2/h4-7,13H,3,8-9H2,1-2H3. The Hall–Kier alpha value is -1.13. The number of thiophene rings is 1. The maximum Gasteiger partial charge on any atom is 0.0518 e. The van der Waals surface area contributed by atoms with Gasteiger partial charge in [-0.25, -0.2) is 0 Å². The molecule has 86 valence electrons. The molecule has 2 aromatic heterocycles. The summed E-state index contributed by atoms with van der Waals surface area (Å²) >= 11 is 1.89. The molecule has 2 rings (SSSR count). The minimum atomic E-state index is 0.871. The molecule has 0 bridgehead atoms. The van der Waals surface area contributed by atoms with Crippen molar-refractivity contribution in [2.24, 2.45) is 7.05 Å². The Morgan fingerprint density at radius 2 is 2.06 bits per heavy atom. The molecule has 2 heterocycles. The van der Waals surface area contributed by atoms with Gasteiger partial charge in [-0.1, -0.05) is 6.92 Å². The average molecular weight is 235 g/mol. The van der Waals surface area contributed by atoms with Gasteiger partial charge in [0.1, 0.15) is 0 Å². The largest absolute Gasteiger partial charge is 0.306 e. The van der Waals surface area contributed by atoms with E-state index in [2.05, 4.69) is 29.5 Å². The number of nitrogens with zero attached hydrogens (tertiary/aromatic N) is 2. The van der Waals surface area contributed by atoms with Crippen LogP contribution in [-0.2, 0) is 26.6 Å². The van der Waals surface area contributed by atoms with E-state index < -0.39 is 0 Å². The highest BCUT2D eigenvalue weighted by atomic mass is 32.1. The molecule has 16 heavy (non-hydrogen) atoms. The number of hydrogen-bond donors (Lipinski definition) is 1. The van der Waals surface area contributed by atoms with E-state index in [1.165, 1.54) is 15.4 Å². The Bertz CT molecular complexity index is 445. The van der Waals surface area contributed by atoms with E-state index in [1.807, 2.05) is 35.3 Å². The molecule has 0 fully saturated rings. The molecule has 0 atom stereocenters. The van der Waals surface area contributed by atoms with Gasteiger partial charge in [0.05, 0.1) is 5.69 Å². The molecule has 3 nitrogen and oxygen atoms in total. The highest BCUT2D eigenvalue weighted by Crippen LogP contribution is 2.16. The van der Waals surface area contributed by atoms with E-state index in [-0.39, 0.29) is 0 Å². The third kappa shape index (κ3) is 2.71. The van der Waals surface area contributed by atoms with Crippen LogP contribution in [0.2, 0.25) is 0 Å². The van der Waals surface area contributed by atoms with Gasteiger partial charge in [0.25, 0.3) is 0 Å². The fourth-order valence-electron chi connectivity index (χ4n) is 1.60. The van der Waals surface area contributed by atoms with Crippen LogP contribution in [0.15, 0.2) is 24.4 Å². The number of hydrogen-bond acceptors (Lipinski definition) is 3. The SMILES string of the molecule is CCc1ccc(CNCc2ccnn2C)s1. The van der Waals surface area contributed by atoms with Crippen molar-refractivity contribution in [2.75, 3.05) is 0 Å². The first-order valence-electron chi connectivity index (χ1n) is 5.54. The van der Waals surface area contributed by atoms with Crippen LogP contribution < -0.4 is 5.32 Å². The molecule has 0 unspecified atom stereocenters. The maximum absolute atomic E-state index is 4.14. The fourth-order valence-corrected chi connectivity index (χ4v) is 2.52. The minimum Gasteiger partial charge on any atom is -0.306 e. The molecule has 0 aliphatic carbocycles. The molecule has 2 aromatic rings. The van der Waals surface area contributed by atoms with Crippen molar-refractivity contribution < 1.29 is 0 Å². The Morgan fingerprint density at radius 3 is 2.69 bits per heavy atom. The highest BCUT2D eigenvalue weighted by molar-refractivity contribution is 7.11. The van der Waals surface area contributed by atoms with Crippen LogP contribution in [0.3, 0.4) is 0 Å². The summed E-state index contributed by atoms with van der Waals surface area (Å²) in [6.45, 7) is 4.00. The van der Waals surface area contributed by atoms with Crippen LogP contribution >= 0.6 is 11.3 Å². The lowest BCUT2D eigenvalue weighted by molar-refractivity contribution is 0.629. The lowest BCUT2D eigenvalue weighted by Gasteiger charge is -2.03. The molecular weight excluding hydrogens is 218 g/mol. The van der Waals surface area contributed by atoms with Crippen LogP contribution in [0.1, 0.15) is 22.4 Å². The van der Waals surface area contributed by atoms with E-state index >= 15 is 0 Å². The zero-order valence-corrected chi connectivity index (χ0v) is 10.5. The molecule has 0 saturated carbocycles. The number of aromatic nitrogens is 2. The van der Waals surface area contributed by atoms with E-state index in [0.717, 1.165) is 19.5 Å². The molecule has 1 N–H and O–H groups in total. The predicted molar refractivity (Wildman–Crippen MR) is 67.4 cm³/mol. The molecule has 0 radical (unpaired) electrons. The first-order valence-corrected chi connectivity index (χ1v) is 6.36. The molecule has 0 amide bonds. The van der Waals surface area contributed by atoms with Crippen LogP contribution in [0.25, 0.3) is 0 Å². The average Bonchev–Trinajstić information content (AvgIpc) is 2.89. The van der Waals surface area contributed by atoms with E-state index in [9.17, 15) is 0 Å². The zero-order valence-electron chi connectivity index (χ0n) is 9.73. The molecular formula is C12H17N3S. The van der Waals surface area contributed by atoms with Crippen molar-refractivity contribution in [2.45, 2.75) is 26.4 Å². The lowest BCUT2D eigenvalue weighted by Crippen LogP contribution is -2.14. The summed E-state index contributed by atoms with van der Waals surface area (Å²) in [5, 5.41) is 7.57. The highest BCUT2D eigenvalue weighted by Gasteiger charge is 2.00. The quantitative estimate of drug-likeness (QED) is 0.862. The van der Waals surface area contributed by atoms with Gasteiger partial charge in [-0.05, 0) is 24.6 Å². The third-order valence-corrected chi connectivity index (χ3v) is 3.82. The van der Waals surface area contributed by atoms with Gasteiger partial charge in [-0.3, -0.25) is 4.68 Å². The first-order chi connectivity index (χ1) is 7.79. The van der Waals surface area contributed by atoms with Crippen molar-refractivity contribution in [3.8, 4) is 0 Å². The molecule has 0 spiro atoms.